The Bertz CT molecular complexity index is 978. The van der Waals surface area contributed by atoms with E-state index in [9.17, 15) is 4.79 Å². The Morgan fingerprint density at radius 2 is 2.11 bits per heavy atom. The summed E-state index contributed by atoms with van der Waals surface area (Å²) in [5.74, 6) is 0.689. The van der Waals surface area contributed by atoms with Crippen LogP contribution < -0.4 is 11.5 Å². The van der Waals surface area contributed by atoms with Gasteiger partial charge >= 0.3 is 0 Å². The molecular formula is C21H22N4O2S. The normalized spacial score (nSPS) is 26.2. The summed E-state index contributed by atoms with van der Waals surface area (Å²) in [6, 6.07) is 3.79. The van der Waals surface area contributed by atoms with Crippen LogP contribution in [0.1, 0.15) is 43.8 Å². The Labute approximate surface area is 167 Å². The second kappa shape index (κ2) is 8.06. The number of nitrogens with zero attached hydrogens (tertiary/aromatic N) is 2. The highest BCUT2D eigenvalue weighted by Gasteiger charge is 2.37. The van der Waals surface area contributed by atoms with Gasteiger partial charge in [0.05, 0.1) is 16.7 Å². The molecule has 0 radical (unpaired) electrons. The summed E-state index contributed by atoms with van der Waals surface area (Å²) >= 11 is 1.48. The van der Waals surface area contributed by atoms with Gasteiger partial charge in [-0.25, -0.2) is 4.99 Å². The molecule has 144 valence electrons. The highest BCUT2D eigenvalue weighted by molar-refractivity contribution is 8.13. The lowest BCUT2D eigenvalue weighted by Gasteiger charge is -2.29. The molecule has 4 N–H and O–H groups in total. The molecule has 7 heteroatoms. The SMILES string of the molecule is N/C=C1\C(N)=NC2=C(C(=O)CCC2)C1c1ccc(SC2=N/C=C\C/C=C\C2)o1. The molecule has 1 aromatic heterocycles. The van der Waals surface area contributed by atoms with E-state index in [0.29, 0.717) is 29.2 Å². The molecule has 0 spiro atoms. The molecule has 3 aliphatic rings. The quantitative estimate of drug-likeness (QED) is 0.739. The number of rotatable bonds is 2. The topological polar surface area (TPSA) is 107 Å². The molecule has 0 aromatic carbocycles. The molecule has 3 heterocycles. The summed E-state index contributed by atoms with van der Waals surface area (Å²) in [5.41, 5.74) is 14.0. The van der Waals surface area contributed by atoms with Crippen LogP contribution in [0.4, 0.5) is 0 Å². The van der Waals surface area contributed by atoms with E-state index in [1.54, 1.807) is 0 Å². The number of hydrogen-bond acceptors (Lipinski definition) is 7. The lowest BCUT2D eigenvalue weighted by molar-refractivity contribution is -0.116. The Morgan fingerprint density at radius 3 is 2.96 bits per heavy atom. The van der Waals surface area contributed by atoms with Crippen LogP contribution in [0.15, 0.2) is 79.1 Å². The molecule has 28 heavy (non-hydrogen) atoms. The zero-order chi connectivity index (χ0) is 19.5. The van der Waals surface area contributed by atoms with E-state index in [-0.39, 0.29) is 5.78 Å². The van der Waals surface area contributed by atoms with Crippen molar-refractivity contribution in [2.24, 2.45) is 21.5 Å². The number of aliphatic imine (C=N–C) groups is 2. The molecule has 4 rings (SSSR count). The fourth-order valence-corrected chi connectivity index (χ4v) is 4.42. The predicted molar refractivity (Wildman–Crippen MR) is 112 cm³/mol. The van der Waals surface area contributed by atoms with Crippen molar-refractivity contribution in [3.05, 3.63) is 65.4 Å². The first kappa shape index (κ1) is 18.6. The summed E-state index contributed by atoms with van der Waals surface area (Å²) in [6.07, 6.45) is 13.2. The van der Waals surface area contributed by atoms with E-state index < -0.39 is 5.92 Å². The van der Waals surface area contributed by atoms with Gasteiger partial charge < -0.3 is 15.9 Å². The van der Waals surface area contributed by atoms with Crippen LogP contribution in [0.2, 0.25) is 0 Å². The molecule has 0 fully saturated rings. The third-order valence-electron chi connectivity index (χ3n) is 4.92. The van der Waals surface area contributed by atoms with E-state index in [1.807, 2.05) is 24.4 Å². The van der Waals surface area contributed by atoms with Crippen molar-refractivity contribution in [1.29, 1.82) is 0 Å². The number of allylic oxidation sites excluding steroid dienone is 5. The second-order valence-corrected chi connectivity index (χ2v) is 7.84. The maximum absolute atomic E-state index is 12.7. The van der Waals surface area contributed by atoms with E-state index in [4.69, 9.17) is 15.9 Å². The molecule has 0 saturated heterocycles. The number of nitrogens with two attached hydrogens (primary N) is 2. The van der Waals surface area contributed by atoms with Gasteiger partial charge in [-0.2, -0.15) is 0 Å². The minimum absolute atomic E-state index is 0.0899. The van der Waals surface area contributed by atoms with Crippen molar-refractivity contribution < 1.29 is 9.21 Å². The van der Waals surface area contributed by atoms with Gasteiger partial charge in [0.15, 0.2) is 10.9 Å². The van der Waals surface area contributed by atoms with Gasteiger partial charge in [-0.3, -0.25) is 9.79 Å². The standard InChI is InChI=1S/C21H22N4O2S/c22-12-13-19(20-14(25-21(13)23)6-5-7-15(20)26)16-9-10-18(27-16)28-17-8-3-1-2-4-11-24-17/h1,3-4,9-12,19H,2,5-8,22H2,(H2,23,25)/b3-1-,11-4-,13-12-,24-17?. The van der Waals surface area contributed by atoms with Crippen molar-refractivity contribution in [1.82, 2.24) is 0 Å². The number of amidine groups is 1. The molecule has 0 saturated carbocycles. The van der Waals surface area contributed by atoms with Gasteiger partial charge in [-0.05, 0) is 43.2 Å². The molecule has 1 atom stereocenters. The Hall–Kier alpha value is -2.80. The lowest BCUT2D eigenvalue weighted by Crippen LogP contribution is -2.30. The number of Topliss-reactive ketones (excluding diaryl/α,β-unsaturated/α-hetero) is 1. The fraction of sp³-hybridized carbons (Fsp3) is 0.286. The van der Waals surface area contributed by atoms with Crippen LogP contribution in [-0.4, -0.2) is 16.7 Å². The molecule has 1 unspecified atom stereocenters. The zero-order valence-electron chi connectivity index (χ0n) is 15.4. The number of thioether (sulfide) groups is 1. The van der Waals surface area contributed by atoms with Crippen LogP contribution in [0.5, 0.6) is 0 Å². The number of ketones is 1. The number of carbonyl (C=O) groups is 1. The highest BCUT2D eigenvalue weighted by atomic mass is 32.2. The van der Waals surface area contributed by atoms with Crippen molar-refractivity contribution in [2.75, 3.05) is 0 Å². The number of furan rings is 1. The Balaban J connectivity index is 1.66. The number of carbonyl (C=O) groups excluding carboxylic acids is 1. The van der Waals surface area contributed by atoms with Gasteiger partial charge in [0.2, 0.25) is 0 Å². The monoisotopic (exact) mass is 394 g/mol. The van der Waals surface area contributed by atoms with Crippen LogP contribution in [0.3, 0.4) is 0 Å². The van der Waals surface area contributed by atoms with E-state index in [2.05, 4.69) is 22.1 Å². The zero-order valence-corrected chi connectivity index (χ0v) is 16.2. The summed E-state index contributed by atoms with van der Waals surface area (Å²) in [4.78, 5) is 21.6. The van der Waals surface area contributed by atoms with Gasteiger partial charge in [0, 0.05) is 36.4 Å². The Kier molecular flexibility index (Phi) is 5.34. The van der Waals surface area contributed by atoms with Crippen LogP contribution in [-0.2, 0) is 4.79 Å². The molecule has 1 aromatic rings. The van der Waals surface area contributed by atoms with Gasteiger partial charge in [0.25, 0.3) is 0 Å². The summed E-state index contributed by atoms with van der Waals surface area (Å²) in [7, 11) is 0. The van der Waals surface area contributed by atoms with Crippen molar-refractivity contribution >= 4 is 28.4 Å². The molecule has 1 aliphatic carbocycles. The molecule has 0 amide bonds. The highest BCUT2D eigenvalue weighted by Crippen LogP contribution is 2.43. The van der Waals surface area contributed by atoms with Crippen LogP contribution in [0.25, 0.3) is 0 Å². The van der Waals surface area contributed by atoms with Crippen LogP contribution >= 0.6 is 11.8 Å². The second-order valence-electron chi connectivity index (χ2n) is 6.77. The minimum atomic E-state index is -0.404. The summed E-state index contributed by atoms with van der Waals surface area (Å²) < 4.78 is 6.12. The third-order valence-corrected chi connectivity index (χ3v) is 5.85. The number of hydrogen-bond donors (Lipinski definition) is 2. The average Bonchev–Trinajstić information content (AvgIpc) is 3.11. The smallest absolute Gasteiger partial charge is 0.166 e. The maximum atomic E-state index is 12.7. The molecule has 0 bridgehead atoms. The first-order valence-corrected chi connectivity index (χ1v) is 10.2. The van der Waals surface area contributed by atoms with Gasteiger partial charge in [0.1, 0.15) is 11.6 Å². The molecular weight excluding hydrogens is 372 g/mol. The molecule has 6 nitrogen and oxygen atoms in total. The Morgan fingerprint density at radius 1 is 1.21 bits per heavy atom. The summed E-state index contributed by atoms with van der Waals surface area (Å²) in [5, 5.41) is 1.67. The first-order chi connectivity index (χ1) is 13.7. The third kappa shape index (κ3) is 3.62. The van der Waals surface area contributed by atoms with Gasteiger partial charge in [-0.15, -0.1) is 0 Å². The van der Waals surface area contributed by atoms with E-state index in [1.165, 1.54) is 18.0 Å². The van der Waals surface area contributed by atoms with Crippen molar-refractivity contribution in [3.8, 4) is 0 Å². The predicted octanol–water partition coefficient (Wildman–Crippen LogP) is 3.94. The lowest BCUT2D eigenvalue weighted by atomic mass is 9.78. The van der Waals surface area contributed by atoms with Gasteiger partial charge in [-0.1, -0.05) is 18.2 Å². The average molecular weight is 395 g/mol. The molecule has 2 aliphatic heterocycles. The van der Waals surface area contributed by atoms with E-state index in [0.717, 1.165) is 41.5 Å². The first-order valence-electron chi connectivity index (χ1n) is 9.34. The van der Waals surface area contributed by atoms with Crippen molar-refractivity contribution in [2.45, 2.75) is 43.1 Å². The minimum Gasteiger partial charge on any atom is -0.453 e. The maximum Gasteiger partial charge on any atom is 0.166 e. The van der Waals surface area contributed by atoms with Crippen molar-refractivity contribution in [3.63, 3.8) is 0 Å². The summed E-state index contributed by atoms with van der Waals surface area (Å²) in [6.45, 7) is 0. The van der Waals surface area contributed by atoms with E-state index >= 15 is 0 Å². The fourth-order valence-electron chi connectivity index (χ4n) is 3.62. The largest absolute Gasteiger partial charge is 0.453 e. The van der Waals surface area contributed by atoms with Crippen LogP contribution in [0, 0.1) is 0 Å².